The Hall–Kier alpha value is -2.22. The molecule has 1 rings (SSSR count). The number of carboxylic acids is 2. The number of nitrogens with two attached hydrogens (primary N) is 1. The van der Waals surface area contributed by atoms with Gasteiger partial charge in [-0.15, -0.1) is 0 Å². The molecule has 2 atom stereocenters. The highest BCUT2D eigenvalue weighted by atomic mass is 19.1. The molecule has 7 nitrogen and oxygen atoms in total. The molecule has 0 aliphatic rings. The number of aliphatic carboxylic acids is 2. The van der Waals surface area contributed by atoms with Crippen LogP contribution in [0.3, 0.4) is 0 Å². The Morgan fingerprint density at radius 1 is 1.33 bits per heavy atom. The third-order valence-electron chi connectivity index (χ3n) is 2.80. The predicted molar refractivity (Wildman–Crippen MR) is 70.8 cm³/mol. The minimum Gasteiger partial charge on any atom is -0.489 e. The number of carbonyl (C=O) groups is 2. The van der Waals surface area contributed by atoms with Gasteiger partial charge in [-0.05, 0) is 18.6 Å². The molecule has 116 valence electrons. The zero-order valence-corrected chi connectivity index (χ0v) is 11.2. The Morgan fingerprint density at radius 3 is 2.52 bits per heavy atom. The maximum Gasteiger partial charge on any atom is 0.320 e. The molecule has 21 heavy (non-hydrogen) atoms. The van der Waals surface area contributed by atoms with Crippen molar-refractivity contribution in [2.75, 3.05) is 13.3 Å². The summed E-state index contributed by atoms with van der Waals surface area (Å²) in [6.07, 6.45) is 1.23. The molecule has 0 spiro atoms. The largest absolute Gasteiger partial charge is 0.489 e. The van der Waals surface area contributed by atoms with Gasteiger partial charge >= 0.3 is 11.9 Å². The van der Waals surface area contributed by atoms with Crippen molar-refractivity contribution < 1.29 is 28.9 Å². The van der Waals surface area contributed by atoms with E-state index in [1.807, 2.05) is 0 Å². The normalized spacial score (nSPS) is 13.4. The lowest BCUT2D eigenvalue weighted by Crippen LogP contribution is -2.35. The molecule has 0 saturated heterocycles. The molecule has 8 heteroatoms. The van der Waals surface area contributed by atoms with E-state index < -0.39 is 30.6 Å². The highest BCUT2D eigenvalue weighted by Crippen LogP contribution is 2.16. The average Bonchev–Trinajstić information content (AvgIpc) is 2.45. The van der Waals surface area contributed by atoms with E-state index in [2.05, 4.69) is 4.98 Å². The smallest absolute Gasteiger partial charge is 0.320 e. The topological polar surface area (TPSA) is 123 Å². The number of aromatic nitrogens is 1. The van der Waals surface area contributed by atoms with Crippen molar-refractivity contribution in [1.29, 1.82) is 0 Å². The van der Waals surface area contributed by atoms with Gasteiger partial charge < -0.3 is 20.7 Å². The van der Waals surface area contributed by atoms with Crippen LogP contribution in [0.25, 0.3) is 0 Å². The molecule has 0 aliphatic carbocycles. The number of rotatable bonds is 9. The van der Waals surface area contributed by atoms with E-state index in [0.29, 0.717) is 11.4 Å². The number of ether oxygens (including phenoxy) is 1. The highest BCUT2D eigenvalue weighted by molar-refractivity contribution is 5.75. The first-order valence-electron chi connectivity index (χ1n) is 6.29. The third kappa shape index (κ3) is 5.74. The number of halogens is 1. The Morgan fingerprint density at radius 2 is 2.05 bits per heavy atom. The van der Waals surface area contributed by atoms with E-state index in [4.69, 9.17) is 20.7 Å². The van der Waals surface area contributed by atoms with Crippen LogP contribution < -0.4 is 10.5 Å². The van der Waals surface area contributed by atoms with E-state index in [1.54, 1.807) is 12.1 Å². The summed E-state index contributed by atoms with van der Waals surface area (Å²) in [5.41, 5.74) is 5.81. The van der Waals surface area contributed by atoms with Gasteiger partial charge in [0.15, 0.2) is 0 Å². The number of hydrogen-bond donors (Lipinski definition) is 3. The second kappa shape index (κ2) is 8.15. The number of pyridine rings is 1. The minimum atomic E-state index is -1.25. The van der Waals surface area contributed by atoms with E-state index in [1.165, 1.54) is 6.20 Å². The second-order valence-electron chi connectivity index (χ2n) is 4.44. The van der Waals surface area contributed by atoms with Crippen LogP contribution in [-0.4, -0.2) is 46.5 Å². The molecule has 0 radical (unpaired) electrons. The molecular weight excluding hydrogens is 283 g/mol. The van der Waals surface area contributed by atoms with Crippen LogP contribution in [0.2, 0.25) is 0 Å². The van der Waals surface area contributed by atoms with Crippen LogP contribution in [0.15, 0.2) is 18.3 Å². The number of alkyl halides is 1. The van der Waals surface area contributed by atoms with Crippen molar-refractivity contribution in [3.8, 4) is 5.75 Å². The molecular formula is C13H17FN2O5. The third-order valence-corrected chi connectivity index (χ3v) is 2.80. The van der Waals surface area contributed by atoms with Gasteiger partial charge in [-0.2, -0.15) is 0 Å². The van der Waals surface area contributed by atoms with Crippen molar-refractivity contribution in [2.45, 2.75) is 18.9 Å². The molecule has 0 saturated carbocycles. The van der Waals surface area contributed by atoms with Gasteiger partial charge in [0, 0.05) is 12.1 Å². The first-order valence-corrected chi connectivity index (χ1v) is 6.29. The lowest BCUT2D eigenvalue weighted by molar-refractivity contribution is -0.143. The van der Waals surface area contributed by atoms with Crippen LogP contribution in [0.5, 0.6) is 5.75 Å². The van der Waals surface area contributed by atoms with Gasteiger partial charge in [0.1, 0.15) is 25.1 Å². The van der Waals surface area contributed by atoms with Crippen LogP contribution in [0.4, 0.5) is 4.39 Å². The first kappa shape index (κ1) is 16.8. The van der Waals surface area contributed by atoms with Gasteiger partial charge in [-0.25, -0.2) is 4.39 Å². The van der Waals surface area contributed by atoms with Gasteiger partial charge in [0.2, 0.25) is 0 Å². The lowest BCUT2D eigenvalue weighted by atomic mass is 9.95. The summed E-state index contributed by atoms with van der Waals surface area (Å²) in [4.78, 5) is 25.8. The molecule has 0 bridgehead atoms. The first-order chi connectivity index (χ1) is 9.93. The highest BCUT2D eigenvalue weighted by Gasteiger charge is 2.25. The fourth-order valence-electron chi connectivity index (χ4n) is 1.70. The van der Waals surface area contributed by atoms with Crippen LogP contribution in [-0.2, 0) is 16.0 Å². The standard InChI is InChI=1S/C13H17FN2O5/c14-3-4-21-10-2-1-9(16-7-10)5-8(12(17)18)6-11(15)13(19)20/h1-2,7-8,11H,3-6,15H2,(H,17,18)(H,19,20). The quantitative estimate of drug-likeness (QED) is 0.606. The predicted octanol–water partition coefficient (Wildman–Crippen LogP) is 0.475. The summed E-state index contributed by atoms with van der Waals surface area (Å²) in [5.74, 6) is -2.94. The maximum atomic E-state index is 11.9. The zero-order chi connectivity index (χ0) is 15.8. The molecule has 0 aromatic carbocycles. The second-order valence-corrected chi connectivity index (χ2v) is 4.44. The minimum absolute atomic E-state index is 0.0553. The van der Waals surface area contributed by atoms with Crippen molar-refractivity contribution >= 4 is 11.9 Å². The van der Waals surface area contributed by atoms with Crippen molar-refractivity contribution in [3.05, 3.63) is 24.0 Å². The Balaban J connectivity index is 2.66. The van der Waals surface area contributed by atoms with Crippen LogP contribution in [0.1, 0.15) is 12.1 Å². The zero-order valence-electron chi connectivity index (χ0n) is 11.2. The number of carboxylic acid groups (broad SMARTS) is 2. The number of nitrogens with zero attached hydrogens (tertiary/aromatic N) is 1. The van der Waals surface area contributed by atoms with Crippen molar-refractivity contribution in [1.82, 2.24) is 4.98 Å². The van der Waals surface area contributed by atoms with Crippen molar-refractivity contribution in [3.63, 3.8) is 0 Å². The summed E-state index contributed by atoms with van der Waals surface area (Å²) in [7, 11) is 0. The molecule has 4 N–H and O–H groups in total. The Labute approximate surface area is 120 Å². The molecule has 1 aromatic rings. The fourth-order valence-corrected chi connectivity index (χ4v) is 1.70. The summed E-state index contributed by atoms with van der Waals surface area (Å²) < 4.78 is 16.9. The molecule has 1 heterocycles. The summed E-state index contributed by atoms with van der Waals surface area (Å²) in [5, 5.41) is 17.8. The lowest BCUT2D eigenvalue weighted by Gasteiger charge is -2.14. The molecule has 0 aliphatic heterocycles. The monoisotopic (exact) mass is 300 g/mol. The van der Waals surface area contributed by atoms with Crippen LogP contribution >= 0.6 is 0 Å². The summed E-state index contributed by atoms with van der Waals surface area (Å²) in [6, 6.07) is 1.86. The fraction of sp³-hybridized carbons (Fsp3) is 0.462. The summed E-state index contributed by atoms with van der Waals surface area (Å²) >= 11 is 0. The van der Waals surface area contributed by atoms with Gasteiger partial charge in [-0.3, -0.25) is 14.6 Å². The van der Waals surface area contributed by atoms with E-state index >= 15 is 0 Å². The molecule has 2 unspecified atom stereocenters. The average molecular weight is 300 g/mol. The Kier molecular flexibility index (Phi) is 6.54. The summed E-state index contributed by atoms with van der Waals surface area (Å²) in [6.45, 7) is -0.692. The molecule has 1 aromatic heterocycles. The van der Waals surface area contributed by atoms with E-state index in [0.717, 1.165) is 0 Å². The van der Waals surface area contributed by atoms with E-state index in [9.17, 15) is 14.0 Å². The Bertz CT molecular complexity index is 480. The number of hydrogen-bond acceptors (Lipinski definition) is 5. The van der Waals surface area contributed by atoms with Crippen LogP contribution in [0, 0.1) is 5.92 Å². The SMILES string of the molecule is NC(CC(Cc1ccc(OCCF)cn1)C(=O)O)C(=O)O. The maximum absolute atomic E-state index is 11.9. The van der Waals surface area contributed by atoms with Gasteiger partial charge in [0.05, 0.1) is 12.1 Å². The molecule has 0 fully saturated rings. The molecule has 0 amide bonds. The van der Waals surface area contributed by atoms with Gasteiger partial charge in [0.25, 0.3) is 0 Å². The van der Waals surface area contributed by atoms with Crippen molar-refractivity contribution in [2.24, 2.45) is 11.7 Å². The van der Waals surface area contributed by atoms with E-state index in [-0.39, 0.29) is 19.4 Å². The van der Waals surface area contributed by atoms with Gasteiger partial charge in [-0.1, -0.05) is 0 Å².